The van der Waals surface area contributed by atoms with Crippen LogP contribution in [0.2, 0.25) is 5.02 Å². The Morgan fingerprint density at radius 2 is 1.82 bits per heavy atom. The van der Waals surface area contributed by atoms with Crippen LogP contribution in [-0.2, 0) is 14.6 Å². The van der Waals surface area contributed by atoms with E-state index in [2.05, 4.69) is 4.98 Å². The smallest absolute Gasteiger partial charge is 0.210 e. The van der Waals surface area contributed by atoms with Crippen molar-refractivity contribution in [3.63, 3.8) is 0 Å². The highest BCUT2D eigenvalue weighted by atomic mass is 35.5. The second-order valence-corrected chi connectivity index (χ2v) is 8.77. The van der Waals surface area contributed by atoms with Gasteiger partial charge in [-0.25, -0.2) is 8.42 Å². The zero-order chi connectivity index (χ0) is 19.7. The summed E-state index contributed by atoms with van der Waals surface area (Å²) in [5, 5.41) is 1.31. The molecule has 1 aliphatic heterocycles. The third-order valence-electron chi connectivity index (χ3n) is 4.76. The molecule has 8 heteroatoms. The molecule has 0 unspecified atom stereocenters. The van der Waals surface area contributed by atoms with Crippen LogP contribution in [-0.4, -0.2) is 46.8 Å². The molecule has 4 rings (SSSR count). The molecular formula is C20H19ClN2O4S. The topological polar surface area (TPSA) is 68.7 Å². The number of nitrogens with zero attached hydrogens (tertiary/aromatic N) is 2. The summed E-state index contributed by atoms with van der Waals surface area (Å²) in [6, 6.07) is 11.7. The maximum Gasteiger partial charge on any atom is 0.210 e. The summed E-state index contributed by atoms with van der Waals surface area (Å²) in [5.41, 5.74) is 1.29. The van der Waals surface area contributed by atoms with E-state index in [1.807, 2.05) is 11.0 Å². The predicted molar refractivity (Wildman–Crippen MR) is 108 cm³/mol. The van der Waals surface area contributed by atoms with Gasteiger partial charge < -0.3 is 14.4 Å². The summed E-state index contributed by atoms with van der Waals surface area (Å²) in [6.45, 7) is 2.29. The number of anilines is 1. The van der Waals surface area contributed by atoms with Crippen LogP contribution in [0.15, 0.2) is 58.5 Å². The number of rotatable bonds is 4. The van der Waals surface area contributed by atoms with E-state index in [9.17, 15) is 8.42 Å². The summed E-state index contributed by atoms with van der Waals surface area (Å²) >= 11 is 6.11. The number of aromatic nitrogens is 1. The molecule has 2 aromatic carbocycles. The molecule has 1 aromatic heterocycles. The highest BCUT2D eigenvalue weighted by molar-refractivity contribution is 7.91. The van der Waals surface area contributed by atoms with Crippen molar-refractivity contribution in [1.82, 2.24) is 4.98 Å². The molecule has 0 radical (unpaired) electrons. The van der Waals surface area contributed by atoms with E-state index in [0.29, 0.717) is 48.3 Å². The zero-order valence-electron chi connectivity index (χ0n) is 15.3. The number of methoxy groups -OCH3 is 1. The predicted octanol–water partition coefficient (Wildman–Crippen LogP) is 3.57. The second-order valence-electron chi connectivity index (χ2n) is 6.41. The average Bonchev–Trinajstić information content (AvgIpc) is 2.73. The summed E-state index contributed by atoms with van der Waals surface area (Å²) in [7, 11) is -2.24. The van der Waals surface area contributed by atoms with Crippen molar-refractivity contribution in [3.05, 3.63) is 53.7 Å². The number of sulfone groups is 1. The quantitative estimate of drug-likeness (QED) is 0.645. The fourth-order valence-corrected chi connectivity index (χ4v) is 4.93. The van der Waals surface area contributed by atoms with E-state index >= 15 is 0 Å². The van der Waals surface area contributed by atoms with E-state index < -0.39 is 9.84 Å². The minimum Gasteiger partial charge on any atom is -0.497 e. The first-order valence-electron chi connectivity index (χ1n) is 8.81. The van der Waals surface area contributed by atoms with Gasteiger partial charge in [-0.15, -0.1) is 0 Å². The number of hydrogen-bond acceptors (Lipinski definition) is 6. The summed E-state index contributed by atoms with van der Waals surface area (Å²) < 4.78 is 37.5. The van der Waals surface area contributed by atoms with Crippen molar-refractivity contribution in [2.45, 2.75) is 9.79 Å². The van der Waals surface area contributed by atoms with Crippen molar-refractivity contribution in [1.29, 1.82) is 0 Å². The van der Waals surface area contributed by atoms with Crippen molar-refractivity contribution >= 4 is 38.0 Å². The molecule has 2 heterocycles. The number of ether oxygens (including phenoxy) is 2. The molecule has 0 saturated carbocycles. The summed E-state index contributed by atoms with van der Waals surface area (Å²) in [6.07, 6.45) is 1.42. The van der Waals surface area contributed by atoms with Gasteiger partial charge in [-0.05, 0) is 42.5 Å². The van der Waals surface area contributed by atoms with Gasteiger partial charge in [0.05, 0.1) is 36.4 Å². The average molecular weight is 419 g/mol. The Bertz CT molecular complexity index is 1110. The highest BCUT2D eigenvalue weighted by Gasteiger charge is 2.27. The molecule has 1 aliphatic rings. The van der Waals surface area contributed by atoms with Crippen molar-refractivity contribution in [2.24, 2.45) is 0 Å². The molecule has 28 heavy (non-hydrogen) atoms. The second kappa shape index (κ2) is 7.58. The number of benzene rings is 2. The molecule has 0 spiro atoms. The Morgan fingerprint density at radius 3 is 2.50 bits per heavy atom. The lowest BCUT2D eigenvalue weighted by Crippen LogP contribution is -2.37. The lowest BCUT2D eigenvalue weighted by Gasteiger charge is -2.31. The van der Waals surface area contributed by atoms with Crippen molar-refractivity contribution < 1.29 is 17.9 Å². The minimum absolute atomic E-state index is 0.175. The molecule has 1 saturated heterocycles. The Kier molecular flexibility index (Phi) is 5.14. The van der Waals surface area contributed by atoms with Gasteiger partial charge in [-0.2, -0.15) is 0 Å². The monoisotopic (exact) mass is 418 g/mol. The Morgan fingerprint density at radius 1 is 1.11 bits per heavy atom. The fraction of sp³-hybridized carbons (Fsp3) is 0.250. The van der Waals surface area contributed by atoms with Crippen LogP contribution < -0.4 is 9.64 Å². The standard InChI is InChI=1S/C20H19ClN2O4S/c1-26-15-3-5-16(6-4-15)28(24,25)19-13-22-18-12-14(21)2-7-17(18)20(19)23-8-10-27-11-9-23/h2-7,12-13H,8-11H2,1H3. The maximum absolute atomic E-state index is 13.4. The van der Waals surface area contributed by atoms with Crippen LogP contribution in [0.3, 0.4) is 0 Å². The van der Waals surface area contributed by atoms with Crippen LogP contribution in [0, 0.1) is 0 Å². The number of halogens is 1. The molecule has 1 fully saturated rings. The molecule has 0 bridgehead atoms. The number of hydrogen-bond donors (Lipinski definition) is 0. The number of morpholine rings is 1. The molecule has 0 atom stereocenters. The first-order valence-corrected chi connectivity index (χ1v) is 10.7. The Labute approximate surface area is 168 Å². The molecule has 0 N–H and O–H groups in total. The van der Waals surface area contributed by atoms with Crippen LogP contribution >= 0.6 is 11.6 Å². The lowest BCUT2D eigenvalue weighted by molar-refractivity contribution is 0.122. The Balaban J connectivity index is 1.93. The van der Waals surface area contributed by atoms with E-state index in [1.165, 1.54) is 6.20 Å². The van der Waals surface area contributed by atoms with Gasteiger partial charge in [0.15, 0.2) is 0 Å². The largest absolute Gasteiger partial charge is 0.497 e. The highest BCUT2D eigenvalue weighted by Crippen LogP contribution is 2.37. The van der Waals surface area contributed by atoms with Gasteiger partial charge in [-0.3, -0.25) is 4.98 Å². The first-order chi connectivity index (χ1) is 13.5. The molecular weight excluding hydrogens is 400 g/mol. The third kappa shape index (κ3) is 3.41. The molecule has 146 valence electrons. The van der Waals surface area contributed by atoms with E-state index in [-0.39, 0.29) is 9.79 Å². The maximum atomic E-state index is 13.4. The lowest BCUT2D eigenvalue weighted by atomic mass is 10.1. The van der Waals surface area contributed by atoms with Gasteiger partial charge in [0, 0.05) is 29.7 Å². The van der Waals surface area contributed by atoms with Crippen molar-refractivity contribution in [2.75, 3.05) is 38.3 Å². The van der Waals surface area contributed by atoms with Gasteiger partial charge in [0.2, 0.25) is 9.84 Å². The normalized spacial score (nSPS) is 15.0. The SMILES string of the molecule is COc1ccc(S(=O)(=O)c2cnc3cc(Cl)ccc3c2N2CCOCC2)cc1. The minimum atomic E-state index is -3.78. The Hall–Kier alpha value is -2.35. The fourth-order valence-electron chi connectivity index (χ4n) is 3.33. The summed E-state index contributed by atoms with van der Waals surface area (Å²) in [5.74, 6) is 0.596. The molecule has 3 aromatic rings. The van der Waals surface area contributed by atoms with Crippen LogP contribution in [0.4, 0.5) is 5.69 Å². The first kappa shape index (κ1) is 19.0. The molecule has 0 aliphatic carbocycles. The van der Waals surface area contributed by atoms with Gasteiger partial charge in [0.1, 0.15) is 10.6 Å². The van der Waals surface area contributed by atoms with Crippen molar-refractivity contribution in [3.8, 4) is 5.75 Å². The van der Waals surface area contributed by atoms with Crippen LogP contribution in [0.1, 0.15) is 0 Å². The third-order valence-corrected chi connectivity index (χ3v) is 6.76. The number of pyridine rings is 1. The molecule has 6 nitrogen and oxygen atoms in total. The van der Waals surface area contributed by atoms with Crippen LogP contribution in [0.5, 0.6) is 5.75 Å². The number of fused-ring (bicyclic) bond motifs is 1. The van der Waals surface area contributed by atoms with Gasteiger partial charge in [-0.1, -0.05) is 11.6 Å². The van der Waals surface area contributed by atoms with E-state index in [4.69, 9.17) is 21.1 Å². The van der Waals surface area contributed by atoms with Gasteiger partial charge >= 0.3 is 0 Å². The van der Waals surface area contributed by atoms with E-state index in [0.717, 1.165) is 5.39 Å². The van der Waals surface area contributed by atoms with E-state index in [1.54, 1.807) is 43.5 Å². The zero-order valence-corrected chi connectivity index (χ0v) is 16.8. The summed E-state index contributed by atoms with van der Waals surface area (Å²) in [4.78, 5) is 6.78. The molecule has 0 amide bonds. The van der Waals surface area contributed by atoms with Crippen LogP contribution in [0.25, 0.3) is 10.9 Å². The van der Waals surface area contributed by atoms with Gasteiger partial charge in [0.25, 0.3) is 0 Å².